The first kappa shape index (κ1) is 13.6. The Morgan fingerprint density at radius 1 is 1.11 bits per heavy atom. The van der Waals surface area contributed by atoms with Crippen LogP contribution >= 0.6 is 31.9 Å². The van der Waals surface area contributed by atoms with E-state index < -0.39 is 0 Å². The van der Waals surface area contributed by atoms with E-state index in [1.54, 1.807) is 0 Å². The number of benzene rings is 2. The first-order chi connectivity index (χ1) is 8.69. The zero-order chi connectivity index (χ0) is 13.0. The number of hydrogen-bond donors (Lipinski definition) is 0. The van der Waals surface area contributed by atoms with Gasteiger partial charge >= 0.3 is 0 Å². The minimum Gasteiger partial charge on any atom is -0.489 e. The van der Waals surface area contributed by atoms with Crippen LogP contribution in [0.4, 0.5) is 0 Å². The lowest BCUT2D eigenvalue weighted by Gasteiger charge is -2.11. The lowest BCUT2D eigenvalue weighted by molar-refractivity contribution is 0.304. The van der Waals surface area contributed by atoms with Gasteiger partial charge in [-0.3, -0.25) is 0 Å². The molecule has 0 saturated heterocycles. The van der Waals surface area contributed by atoms with E-state index in [-0.39, 0.29) is 0 Å². The van der Waals surface area contributed by atoms with Crippen molar-refractivity contribution in [3.05, 3.63) is 63.6 Å². The van der Waals surface area contributed by atoms with Crippen molar-refractivity contribution < 1.29 is 4.74 Å². The molecule has 0 aliphatic carbocycles. The second kappa shape index (κ2) is 6.39. The topological polar surface area (TPSA) is 9.23 Å². The normalized spacial score (nSPS) is 10.4. The number of hydrogen-bond acceptors (Lipinski definition) is 1. The van der Waals surface area contributed by atoms with Crippen molar-refractivity contribution in [3.8, 4) is 5.75 Å². The number of aryl methyl sites for hydroxylation is 1. The standard InChI is InChI=1S/C15H14Br2O/c1-11-3-2-4-12(7-11)10-18-15-6-5-14(17)8-13(15)9-16/h2-8H,9-10H2,1H3. The van der Waals surface area contributed by atoms with Crippen LogP contribution in [-0.4, -0.2) is 0 Å². The van der Waals surface area contributed by atoms with E-state index in [1.807, 2.05) is 12.1 Å². The first-order valence-electron chi connectivity index (χ1n) is 5.72. The van der Waals surface area contributed by atoms with Crippen LogP contribution in [-0.2, 0) is 11.9 Å². The van der Waals surface area contributed by atoms with Crippen molar-refractivity contribution in [2.45, 2.75) is 18.9 Å². The lowest BCUT2D eigenvalue weighted by Crippen LogP contribution is -1.98. The van der Waals surface area contributed by atoms with Crippen LogP contribution in [0, 0.1) is 6.92 Å². The molecule has 94 valence electrons. The molecule has 0 N–H and O–H groups in total. The Balaban J connectivity index is 2.10. The molecule has 0 aliphatic heterocycles. The molecule has 0 fully saturated rings. The number of rotatable bonds is 4. The number of ether oxygens (including phenoxy) is 1. The van der Waals surface area contributed by atoms with Crippen molar-refractivity contribution in [2.75, 3.05) is 0 Å². The Bertz CT molecular complexity index is 538. The summed E-state index contributed by atoms with van der Waals surface area (Å²) in [6.45, 7) is 2.69. The zero-order valence-corrected chi connectivity index (χ0v) is 13.3. The van der Waals surface area contributed by atoms with Crippen LogP contribution in [0.3, 0.4) is 0 Å². The van der Waals surface area contributed by atoms with E-state index in [0.717, 1.165) is 21.1 Å². The highest BCUT2D eigenvalue weighted by Crippen LogP contribution is 2.26. The van der Waals surface area contributed by atoms with Gasteiger partial charge in [0.05, 0.1) is 0 Å². The van der Waals surface area contributed by atoms with E-state index in [9.17, 15) is 0 Å². The highest BCUT2D eigenvalue weighted by atomic mass is 79.9. The van der Waals surface area contributed by atoms with Gasteiger partial charge in [0, 0.05) is 15.4 Å². The van der Waals surface area contributed by atoms with Crippen molar-refractivity contribution >= 4 is 31.9 Å². The second-order valence-corrected chi connectivity index (χ2v) is 5.64. The molecule has 0 bridgehead atoms. The third-order valence-corrected chi connectivity index (χ3v) is 3.74. The van der Waals surface area contributed by atoms with Gasteiger partial charge in [-0.2, -0.15) is 0 Å². The van der Waals surface area contributed by atoms with E-state index >= 15 is 0 Å². The van der Waals surface area contributed by atoms with Crippen LogP contribution in [0.2, 0.25) is 0 Å². The highest BCUT2D eigenvalue weighted by Gasteiger charge is 2.04. The SMILES string of the molecule is Cc1cccc(COc2ccc(Br)cc2CBr)c1. The molecular weight excluding hydrogens is 356 g/mol. The molecule has 0 unspecified atom stereocenters. The summed E-state index contributed by atoms with van der Waals surface area (Å²) in [4.78, 5) is 0. The fourth-order valence-corrected chi connectivity index (χ4v) is 2.60. The Labute approximate surface area is 124 Å². The average molecular weight is 370 g/mol. The van der Waals surface area contributed by atoms with Crippen LogP contribution in [0.5, 0.6) is 5.75 Å². The molecule has 18 heavy (non-hydrogen) atoms. The first-order valence-corrected chi connectivity index (χ1v) is 7.63. The van der Waals surface area contributed by atoms with Gasteiger partial charge in [0.25, 0.3) is 0 Å². The van der Waals surface area contributed by atoms with Crippen LogP contribution in [0.1, 0.15) is 16.7 Å². The molecule has 0 spiro atoms. The van der Waals surface area contributed by atoms with Crippen molar-refractivity contribution in [1.29, 1.82) is 0 Å². The van der Waals surface area contributed by atoms with Gasteiger partial charge in [-0.1, -0.05) is 61.7 Å². The summed E-state index contributed by atoms with van der Waals surface area (Å²) in [5.41, 5.74) is 3.60. The summed E-state index contributed by atoms with van der Waals surface area (Å²) in [6.07, 6.45) is 0. The molecule has 0 aromatic heterocycles. The van der Waals surface area contributed by atoms with E-state index in [4.69, 9.17) is 4.74 Å². The third kappa shape index (κ3) is 3.59. The summed E-state index contributed by atoms with van der Waals surface area (Å²) in [5, 5.41) is 0.787. The summed E-state index contributed by atoms with van der Waals surface area (Å²) < 4.78 is 6.94. The predicted octanol–water partition coefficient (Wildman–Crippen LogP) is 5.23. The Morgan fingerprint density at radius 3 is 2.67 bits per heavy atom. The maximum Gasteiger partial charge on any atom is 0.123 e. The van der Waals surface area contributed by atoms with Gasteiger partial charge in [0.15, 0.2) is 0 Å². The van der Waals surface area contributed by atoms with Gasteiger partial charge in [-0.25, -0.2) is 0 Å². The average Bonchev–Trinajstić information content (AvgIpc) is 2.37. The highest BCUT2D eigenvalue weighted by molar-refractivity contribution is 9.10. The molecule has 2 aromatic carbocycles. The van der Waals surface area contributed by atoms with Crippen molar-refractivity contribution in [1.82, 2.24) is 0 Å². The number of halogens is 2. The lowest BCUT2D eigenvalue weighted by atomic mass is 10.1. The minimum absolute atomic E-state index is 0.601. The van der Waals surface area contributed by atoms with Gasteiger partial charge < -0.3 is 4.74 Å². The molecule has 2 rings (SSSR count). The van der Waals surface area contributed by atoms with Gasteiger partial charge in [-0.15, -0.1) is 0 Å². The molecule has 1 nitrogen and oxygen atoms in total. The van der Waals surface area contributed by atoms with Gasteiger partial charge in [0.1, 0.15) is 12.4 Å². The van der Waals surface area contributed by atoms with Crippen molar-refractivity contribution in [3.63, 3.8) is 0 Å². The molecule has 0 amide bonds. The Hall–Kier alpha value is -0.800. The van der Waals surface area contributed by atoms with E-state index in [2.05, 4.69) is 69.1 Å². The summed E-state index contributed by atoms with van der Waals surface area (Å²) >= 11 is 6.95. The largest absolute Gasteiger partial charge is 0.489 e. The smallest absolute Gasteiger partial charge is 0.123 e. The Kier molecular flexibility index (Phi) is 4.84. The minimum atomic E-state index is 0.601. The zero-order valence-electron chi connectivity index (χ0n) is 10.1. The van der Waals surface area contributed by atoms with E-state index in [1.165, 1.54) is 11.1 Å². The summed E-state index contributed by atoms with van der Waals surface area (Å²) in [5.74, 6) is 0.927. The summed E-state index contributed by atoms with van der Waals surface area (Å²) in [6, 6.07) is 14.4. The molecule has 0 saturated carbocycles. The molecule has 0 radical (unpaired) electrons. The molecule has 2 aromatic rings. The molecule has 0 heterocycles. The van der Waals surface area contributed by atoms with Gasteiger partial charge in [0.2, 0.25) is 0 Å². The second-order valence-electron chi connectivity index (χ2n) is 4.16. The maximum absolute atomic E-state index is 5.87. The van der Waals surface area contributed by atoms with Crippen LogP contribution in [0.25, 0.3) is 0 Å². The van der Waals surface area contributed by atoms with Crippen LogP contribution < -0.4 is 4.74 Å². The van der Waals surface area contributed by atoms with Crippen molar-refractivity contribution in [2.24, 2.45) is 0 Å². The fourth-order valence-electron chi connectivity index (χ4n) is 1.76. The third-order valence-electron chi connectivity index (χ3n) is 2.64. The van der Waals surface area contributed by atoms with Crippen LogP contribution in [0.15, 0.2) is 46.9 Å². The molecular formula is C15H14Br2O. The fraction of sp³-hybridized carbons (Fsp3) is 0.200. The molecule has 0 atom stereocenters. The number of alkyl halides is 1. The monoisotopic (exact) mass is 368 g/mol. The molecule has 0 aliphatic rings. The quantitative estimate of drug-likeness (QED) is 0.670. The predicted molar refractivity (Wildman–Crippen MR) is 82.3 cm³/mol. The summed E-state index contributed by atoms with van der Waals surface area (Å²) in [7, 11) is 0. The van der Waals surface area contributed by atoms with Gasteiger partial charge in [-0.05, 0) is 30.7 Å². The molecule has 3 heteroatoms. The maximum atomic E-state index is 5.87. The van der Waals surface area contributed by atoms with E-state index in [0.29, 0.717) is 6.61 Å². The Morgan fingerprint density at radius 2 is 1.94 bits per heavy atom.